The summed E-state index contributed by atoms with van der Waals surface area (Å²) in [6.45, 7) is 2.03. The van der Waals surface area contributed by atoms with E-state index in [1.165, 1.54) is 12.1 Å². The van der Waals surface area contributed by atoms with Crippen molar-refractivity contribution in [2.75, 3.05) is 4.90 Å². The van der Waals surface area contributed by atoms with Crippen LogP contribution in [0, 0.1) is 5.92 Å². The number of nitrogens with zero attached hydrogens (tertiary/aromatic N) is 1. The molecule has 26 heavy (non-hydrogen) atoms. The third-order valence-electron chi connectivity index (χ3n) is 5.64. The molecule has 1 aromatic heterocycles. The van der Waals surface area contributed by atoms with Gasteiger partial charge >= 0.3 is 6.18 Å². The summed E-state index contributed by atoms with van der Waals surface area (Å²) in [4.78, 5) is 16.1. The third-order valence-corrected chi connectivity index (χ3v) is 5.64. The fourth-order valence-corrected chi connectivity index (χ4v) is 4.19. The minimum Gasteiger partial charge on any atom is -0.391 e. The number of pyridine rings is 1. The number of aromatic nitrogens is 1. The number of halogens is 3. The predicted octanol–water partition coefficient (Wildman–Crippen LogP) is 3.68. The van der Waals surface area contributed by atoms with Crippen molar-refractivity contribution < 1.29 is 18.3 Å². The molecule has 1 aliphatic heterocycles. The van der Waals surface area contributed by atoms with Crippen LogP contribution in [0.4, 0.5) is 18.9 Å². The van der Waals surface area contributed by atoms with Crippen molar-refractivity contribution in [2.45, 2.75) is 57.0 Å². The van der Waals surface area contributed by atoms with Gasteiger partial charge in [-0.2, -0.15) is 13.2 Å². The lowest BCUT2D eigenvalue weighted by atomic mass is 10.0. The third kappa shape index (κ3) is 2.98. The first-order chi connectivity index (χ1) is 12.3. The molecule has 1 aromatic carbocycles. The van der Waals surface area contributed by atoms with Crippen molar-refractivity contribution in [3.8, 4) is 0 Å². The Bertz CT molecular complexity index is 888. The quantitative estimate of drug-likeness (QED) is 0.871. The molecule has 0 unspecified atom stereocenters. The number of H-pyrrole nitrogens is 1. The smallest absolute Gasteiger partial charge is 0.391 e. The largest absolute Gasteiger partial charge is 0.417 e. The van der Waals surface area contributed by atoms with E-state index in [1.54, 1.807) is 6.07 Å². The zero-order valence-electron chi connectivity index (χ0n) is 14.4. The summed E-state index contributed by atoms with van der Waals surface area (Å²) >= 11 is 0. The Morgan fingerprint density at radius 1 is 1.19 bits per heavy atom. The van der Waals surface area contributed by atoms with Crippen molar-refractivity contribution in [1.29, 1.82) is 0 Å². The van der Waals surface area contributed by atoms with E-state index in [0.717, 1.165) is 25.7 Å². The van der Waals surface area contributed by atoms with Gasteiger partial charge in [0.1, 0.15) is 0 Å². The fraction of sp³-hybridized carbons (Fsp3) is 0.526. The summed E-state index contributed by atoms with van der Waals surface area (Å²) in [5, 5.41) is 10.6. The van der Waals surface area contributed by atoms with Crippen LogP contribution in [-0.4, -0.2) is 28.3 Å². The summed E-state index contributed by atoms with van der Waals surface area (Å²) in [6.07, 6.45) is -1.31. The van der Waals surface area contributed by atoms with E-state index >= 15 is 0 Å². The number of aromatic amines is 1. The van der Waals surface area contributed by atoms with E-state index in [0.29, 0.717) is 17.7 Å². The maximum atomic E-state index is 13.4. The molecule has 2 aliphatic rings. The lowest BCUT2D eigenvalue weighted by Gasteiger charge is -2.34. The average molecular weight is 366 g/mol. The number of anilines is 1. The molecule has 0 radical (unpaired) electrons. The lowest BCUT2D eigenvalue weighted by Crippen LogP contribution is -2.43. The first-order valence-electron chi connectivity index (χ1n) is 8.96. The van der Waals surface area contributed by atoms with Crippen LogP contribution in [0.2, 0.25) is 0 Å². The molecule has 2 heterocycles. The van der Waals surface area contributed by atoms with E-state index in [2.05, 4.69) is 4.98 Å². The topological polar surface area (TPSA) is 56.3 Å². The van der Waals surface area contributed by atoms with Gasteiger partial charge in [-0.25, -0.2) is 0 Å². The van der Waals surface area contributed by atoms with Crippen LogP contribution in [-0.2, 0) is 6.18 Å². The molecule has 1 aliphatic carbocycles. The molecule has 1 saturated heterocycles. The second kappa shape index (κ2) is 6.01. The molecule has 140 valence electrons. The van der Waals surface area contributed by atoms with Gasteiger partial charge in [0.2, 0.25) is 5.56 Å². The Morgan fingerprint density at radius 3 is 2.58 bits per heavy atom. The Morgan fingerprint density at radius 2 is 1.92 bits per heavy atom. The second-order valence-corrected chi connectivity index (χ2v) is 7.50. The molecule has 2 fully saturated rings. The predicted molar refractivity (Wildman–Crippen MR) is 93.3 cm³/mol. The zero-order valence-corrected chi connectivity index (χ0v) is 14.4. The summed E-state index contributed by atoms with van der Waals surface area (Å²) in [5.41, 5.74) is -0.872. The molecule has 2 aromatic rings. The van der Waals surface area contributed by atoms with Crippen LogP contribution in [0.25, 0.3) is 10.9 Å². The molecule has 0 amide bonds. The van der Waals surface area contributed by atoms with Crippen molar-refractivity contribution in [3.63, 3.8) is 0 Å². The molecule has 4 rings (SSSR count). The van der Waals surface area contributed by atoms with E-state index in [-0.39, 0.29) is 23.0 Å². The van der Waals surface area contributed by atoms with Crippen LogP contribution < -0.4 is 10.5 Å². The van der Waals surface area contributed by atoms with Crippen molar-refractivity contribution in [1.82, 2.24) is 4.98 Å². The minimum absolute atomic E-state index is 0.0200. The highest BCUT2D eigenvalue weighted by atomic mass is 19.4. The number of nitrogens with one attached hydrogen (secondary N) is 1. The van der Waals surface area contributed by atoms with Gasteiger partial charge < -0.3 is 15.0 Å². The SMILES string of the molecule is C[C@@H]1CC[C@H]([C@@H](O)C2CC2)N1c1ccc2[nH]c(=O)cc(C(F)(F)F)c2c1. The van der Waals surface area contributed by atoms with Crippen LogP contribution >= 0.6 is 0 Å². The normalized spacial score (nSPS) is 25.0. The molecule has 1 saturated carbocycles. The van der Waals surface area contributed by atoms with Crippen molar-refractivity contribution in [3.05, 3.63) is 40.2 Å². The summed E-state index contributed by atoms with van der Waals surface area (Å²) in [7, 11) is 0. The molecule has 0 bridgehead atoms. The molecule has 7 heteroatoms. The summed E-state index contributed by atoms with van der Waals surface area (Å²) < 4.78 is 40.2. The number of rotatable bonds is 3. The van der Waals surface area contributed by atoms with E-state index in [4.69, 9.17) is 0 Å². The average Bonchev–Trinajstić information content (AvgIpc) is 3.35. The Labute approximate surface area is 148 Å². The van der Waals surface area contributed by atoms with Gasteiger partial charge in [-0.15, -0.1) is 0 Å². The molecule has 2 N–H and O–H groups in total. The molecule has 4 nitrogen and oxygen atoms in total. The van der Waals surface area contributed by atoms with Gasteiger partial charge in [-0.05, 0) is 56.7 Å². The maximum Gasteiger partial charge on any atom is 0.417 e. The number of hydrogen-bond acceptors (Lipinski definition) is 3. The highest BCUT2D eigenvalue weighted by Gasteiger charge is 2.42. The molecule has 3 atom stereocenters. The maximum absolute atomic E-state index is 13.4. The Kier molecular flexibility index (Phi) is 4.02. The van der Waals surface area contributed by atoms with Crippen molar-refractivity contribution in [2.24, 2.45) is 5.92 Å². The summed E-state index contributed by atoms with van der Waals surface area (Å²) in [5.74, 6) is 0.301. The standard InChI is InChI=1S/C19H21F3N2O2/c1-10-2-7-16(18(26)11-3-4-11)24(10)12-5-6-15-13(8-12)14(19(20,21)22)9-17(25)23-15/h5-6,8-11,16,18,26H,2-4,7H2,1H3,(H,23,25)/t10-,16-,18+/m1/s1. The molecular formula is C19H21F3N2O2. The first kappa shape index (κ1) is 17.4. The number of benzene rings is 1. The van der Waals surface area contributed by atoms with Gasteiger partial charge in [-0.3, -0.25) is 4.79 Å². The highest BCUT2D eigenvalue weighted by molar-refractivity contribution is 5.86. The van der Waals surface area contributed by atoms with Crippen LogP contribution in [0.3, 0.4) is 0 Å². The Balaban J connectivity index is 1.81. The van der Waals surface area contributed by atoms with Crippen LogP contribution in [0.1, 0.15) is 38.2 Å². The Hall–Kier alpha value is -2.02. The van der Waals surface area contributed by atoms with Crippen LogP contribution in [0.15, 0.2) is 29.1 Å². The molecule has 0 spiro atoms. The van der Waals surface area contributed by atoms with Gasteiger partial charge in [0.25, 0.3) is 0 Å². The minimum atomic E-state index is -4.60. The van der Waals surface area contributed by atoms with Crippen LogP contribution in [0.5, 0.6) is 0 Å². The fourth-order valence-electron chi connectivity index (χ4n) is 4.19. The number of hydrogen-bond donors (Lipinski definition) is 2. The van der Waals surface area contributed by atoms with E-state index in [9.17, 15) is 23.1 Å². The van der Waals surface area contributed by atoms with Gasteiger partial charge in [-0.1, -0.05) is 0 Å². The zero-order chi connectivity index (χ0) is 18.6. The number of fused-ring (bicyclic) bond motifs is 1. The van der Waals surface area contributed by atoms with Gasteiger partial charge in [0, 0.05) is 28.7 Å². The number of aliphatic hydroxyl groups is 1. The lowest BCUT2D eigenvalue weighted by molar-refractivity contribution is -0.136. The second-order valence-electron chi connectivity index (χ2n) is 7.50. The monoisotopic (exact) mass is 366 g/mol. The van der Waals surface area contributed by atoms with Gasteiger partial charge in [0.15, 0.2) is 0 Å². The molecular weight excluding hydrogens is 345 g/mol. The first-order valence-corrected chi connectivity index (χ1v) is 8.96. The number of aliphatic hydroxyl groups excluding tert-OH is 1. The number of alkyl halides is 3. The highest BCUT2D eigenvalue weighted by Crippen LogP contribution is 2.42. The summed E-state index contributed by atoms with van der Waals surface area (Å²) in [6, 6.07) is 5.41. The van der Waals surface area contributed by atoms with E-state index in [1.807, 2.05) is 11.8 Å². The van der Waals surface area contributed by atoms with Gasteiger partial charge in [0.05, 0.1) is 17.7 Å². The van der Waals surface area contributed by atoms with E-state index < -0.39 is 23.4 Å². The van der Waals surface area contributed by atoms with Crippen molar-refractivity contribution >= 4 is 16.6 Å².